The minimum atomic E-state index is -0.932. The highest BCUT2D eigenvalue weighted by atomic mass is 16.4. The van der Waals surface area contributed by atoms with Gasteiger partial charge in [0.1, 0.15) is 5.75 Å². The molecule has 130 valence electrons. The number of likely N-dealkylation sites (tertiary alicyclic amines) is 1. The van der Waals surface area contributed by atoms with Gasteiger partial charge in [-0.15, -0.1) is 0 Å². The standard InChI is InChI=1S/C20H21NO4/c22-18-5-1-3-14(11-18)12-19(23)21-10-2-4-17(13-21)15-6-8-16(9-7-15)20(24)25/h1,3,5-9,11,17,22H,2,4,10,12-13H2,(H,24,25)/t17-/m0/s1. The average molecular weight is 339 g/mol. The zero-order chi connectivity index (χ0) is 17.8. The van der Waals surface area contributed by atoms with E-state index in [9.17, 15) is 14.7 Å². The van der Waals surface area contributed by atoms with Gasteiger partial charge < -0.3 is 15.1 Å². The van der Waals surface area contributed by atoms with Gasteiger partial charge in [0.15, 0.2) is 0 Å². The van der Waals surface area contributed by atoms with E-state index in [4.69, 9.17) is 5.11 Å². The highest BCUT2D eigenvalue weighted by Gasteiger charge is 2.25. The maximum Gasteiger partial charge on any atom is 0.335 e. The number of rotatable bonds is 4. The van der Waals surface area contributed by atoms with Crippen molar-refractivity contribution >= 4 is 11.9 Å². The largest absolute Gasteiger partial charge is 0.508 e. The van der Waals surface area contributed by atoms with Gasteiger partial charge in [-0.2, -0.15) is 0 Å². The number of phenols is 1. The van der Waals surface area contributed by atoms with Crippen LogP contribution in [0.2, 0.25) is 0 Å². The summed E-state index contributed by atoms with van der Waals surface area (Å²) in [5.41, 5.74) is 2.15. The molecular formula is C20H21NO4. The number of phenolic OH excluding ortho intramolecular Hbond substituents is 1. The number of carbonyl (C=O) groups excluding carboxylic acids is 1. The van der Waals surface area contributed by atoms with E-state index in [1.54, 1.807) is 30.3 Å². The summed E-state index contributed by atoms with van der Waals surface area (Å²) >= 11 is 0. The molecule has 0 aromatic heterocycles. The van der Waals surface area contributed by atoms with E-state index in [1.807, 2.05) is 23.1 Å². The second-order valence-electron chi connectivity index (χ2n) is 6.45. The number of carbonyl (C=O) groups is 2. The number of hydrogen-bond donors (Lipinski definition) is 2. The fourth-order valence-corrected chi connectivity index (χ4v) is 3.33. The molecule has 1 fully saturated rings. The third kappa shape index (κ3) is 4.18. The van der Waals surface area contributed by atoms with Crippen molar-refractivity contribution in [1.82, 2.24) is 4.90 Å². The Hall–Kier alpha value is -2.82. The molecule has 2 N–H and O–H groups in total. The van der Waals surface area contributed by atoms with Crippen LogP contribution in [0.1, 0.15) is 40.2 Å². The van der Waals surface area contributed by atoms with E-state index in [0.717, 1.165) is 30.5 Å². The van der Waals surface area contributed by atoms with E-state index in [2.05, 4.69) is 0 Å². The van der Waals surface area contributed by atoms with Crippen molar-refractivity contribution in [2.45, 2.75) is 25.2 Å². The molecule has 0 spiro atoms. The summed E-state index contributed by atoms with van der Waals surface area (Å²) in [4.78, 5) is 25.4. The van der Waals surface area contributed by atoms with Crippen LogP contribution in [0.4, 0.5) is 0 Å². The lowest BCUT2D eigenvalue weighted by atomic mass is 9.90. The van der Waals surface area contributed by atoms with Crippen molar-refractivity contribution in [3.8, 4) is 5.75 Å². The molecular weight excluding hydrogens is 318 g/mol. The smallest absolute Gasteiger partial charge is 0.335 e. The lowest BCUT2D eigenvalue weighted by Gasteiger charge is -2.33. The van der Waals surface area contributed by atoms with Gasteiger partial charge in [-0.1, -0.05) is 24.3 Å². The predicted molar refractivity (Wildman–Crippen MR) is 93.8 cm³/mol. The molecule has 25 heavy (non-hydrogen) atoms. The minimum absolute atomic E-state index is 0.0532. The van der Waals surface area contributed by atoms with Crippen molar-refractivity contribution < 1.29 is 19.8 Å². The molecule has 0 unspecified atom stereocenters. The Labute approximate surface area is 146 Å². The van der Waals surface area contributed by atoms with Gasteiger partial charge in [-0.05, 0) is 48.2 Å². The monoisotopic (exact) mass is 339 g/mol. The van der Waals surface area contributed by atoms with E-state index < -0.39 is 5.97 Å². The first-order valence-electron chi connectivity index (χ1n) is 8.42. The fraction of sp³-hybridized carbons (Fsp3) is 0.300. The Bertz CT molecular complexity index is 770. The van der Waals surface area contributed by atoms with Crippen molar-refractivity contribution in [2.24, 2.45) is 0 Å². The molecule has 1 amide bonds. The lowest BCUT2D eigenvalue weighted by molar-refractivity contribution is -0.131. The summed E-state index contributed by atoms with van der Waals surface area (Å²) in [6, 6.07) is 13.7. The molecule has 0 aliphatic carbocycles. The SMILES string of the molecule is O=C(O)c1ccc([C@H]2CCCN(C(=O)Cc3cccc(O)c3)C2)cc1. The summed E-state index contributed by atoms with van der Waals surface area (Å²) in [5.74, 6) is -0.486. The zero-order valence-corrected chi connectivity index (χ0v) is 13.9. The quantitative estimate of drug-likeness (QED) is 0.897. The predicted octanol–water partition coefficient (Wildman–Crippen LogP) is 3.04. The van der Waals surface area contributed by atoms with Crippen LogP contribution in [0.25, 0.3) is 0 Å². The Balaban J connectivity index is 1.66. The van der Waals surface area contributed by atoms with Crippen LogP contribution in [0.15, 0.2) is 48.5 Å². The molecule has 1 heterocycles. The number of nitrogens with zero attached hydrogens (tertiary/aromatic N) is 1. The Kier molecular flexibility index (Phi) is 5.03. The number of carboxylic acid groups (broad SMARTS) is 1. The molecule has 2 aromatic rings. The molecule has 1 saturated heterocycles. The van der Waals surface area contributed by atoms with Gasteiger partial charge in [0, 0.05) is 19.0 Å². The number of hydrogen-bond acceptors (Lipinski definition) is 3. The molecule has 5 nitrogen and oxygen atoms in total. The molecule has 1 aliphatic heterocycles. The van der Waals surface area contributed by atoms with E-state index >= 15 is 0 Å². The highest BCUT2D eigenvalue weighted by molar-refractivity contribution is 5.87. The van der Waals surface area contributed by atoms with Crippen molar-refractivity contribution in [3.63, 3.8) is 0 Å². The second kappa shape index (κ2) is 7.38. The van der Waals surface area contributed by atoms with Gasteiger partial charge in [-0.25, -0.2) is 4.79 Å². The summed E-state index contributed by atoms with van der Waals surface area (Å²) in [6.07, 6.45) is 2.19. The topological polar surface area (TPSA) is 77.8 Å². The first kappa shape index (κ1) is 17.0. The van der Waals surface area contributed by atoms with Gasteiger partial charge in [-0.3, -0.25) is 4.79 Å². The van der Waals surface area contributed by atoms with E-state index in [1.165, 1.54) is 0 Å². The van der Waals surface area contributed by atoms with Crippen molar-refractivity contribution in [1.29, 1.82) is 0 Å². The number of amides is 1. The Morgan fingerprint density at radius 2 is 1.88 bits per heavy atom. The van der Waals surface area contributed by atoms with Crippen LogP contribution in [0, 0.1) is 0 Å². The molecule has 1 aliphatic rings. The van der Waals surface area contributed by atoms with Crippen LogP contribution in [-0.2, 0) is 11.2 Å². The Morgan fingerprint density at radius 3 is 2.56 bits per heavy atom. The van der Waals surface area contributed by atoms with Gasteiger partial charge in [0.25, 0.3) is 0 Å². The van der Waals surface area contributed by atoms with E-state index in [-0.39, 0.29) is 29.6 Å². The van der Waals surface area contributed by atoms with Crippen LogP contribution < -0.4 is 0 Å². The van der Waals surface area contributed by atoms with Gasteiger partial charge in [0.2, 0.25) is 5.91 Å². The zero-order valence-electron chi connectivity index (χ0n) is 13.9. The molecule has 5 heteroatoms. The maximum atomic E-state index is 12.6. The lowest BCUT2D eigenvalue weighted by Crippen LogP contribution is -2.39. The molecule has 0 radical (unpaired) electrons. The van der Waals surface area contributed by atoms with Crippen LogP contribution in [0.5, 0.6) is 5.75 Å². The summed E-state index contributed by atoms with van der Waals surface area (Å²) in [5, 5.41) is 18.5. The molecule has 1 atom stereocenters. The van der Waals surface area contributed by atoms with Gasteiger partial charge >= 0.3 is 5.97 Å². The fourth-order valence-electron chi connectivity index (χ4n) is 3.33. The number of aromatic hydroxyl groups is 1. The first-order chi connectivity index (χ1) is 12.0. The summed E-state index contributed by atoms with van der Waals surface area (Å²) in [7, 11) is 0. The summed E-state index contributed by atoms with van der Waals surface area (Å²) in [6.45, 7) is 1.38. The third-order valence-corrected chi connectivity index (χ3v) is 4.67. The Morgan fingerprint density at radius 1 is 1.12 bits per heavy atom. The number of benzene rings is 2. The molecule has 3 rings (SSSR count). The third-order valence-electron chi connectivity index (χ3n) is 4.67. The number of carboxylic acids is 1. The minimum Gasteiger partial charge on any atom is -0.508 e. The molecule has 0 saturated carbocycles. The van der Waals surface area contributed by atoms with E-state index in [0.29, 0.717) is 6.54 Å². The normalized spacial score (nSPS) is 17.3. The molecule has 2 aromatic carbocycles. The number of piperidine rings is 1. The van der Waals surface area contributed by atoms with Crippen molar-refractivity contribution in [3.05, 3.63) is 65.2 Å². The van der Waals surface area contributed by atoms with Crippen LogP contribution in [0.3, 0.4) is 0 Å². The molecule has 0 bridgehead atoms. The number of aromatic carboxylic acids is 1. The highest BCUT2D eigenvalue weighted by Crippen LogP contribution is 2.27. The average Bonchev–Trinajstić information content (AvgIpc) is 2.62. The second-order valence-corrected chi connectivity index (χ2v) is 6.45. The summed E-state index contributed by atoms with van der Waals surface area (Å²) < 4.78 is 0. The van der Waals surface area contributed by atoms with Crippen LogP contribution in [-0.4, -0.2) is 40.1 Å². The van der Waals surface area contributed by atoms with Gasteiger partial charge in [0.05, 0.1) is 12.0 Å². The van der Waals surface area contributed by atoms with Crippen LogP contribution >= 0.6 is 0 Å². The first-order valence-corrected chi connectivity index (χ1v) is 8.42. The van der Waals surface area contributed by atoms with Crippen molar-refractivity contribution in [2.75, 3.05) is 13.1 Å². The maximum absolute atomic E-state index is 12.6.